The van der Waals surface area contributed by atoms with Gasteiger partial charge in [-0.1, -0.05) is 68.1 Å². The van der Waals surface area contributed by atoms with Crippen LogP contribution in [0.25, 0.3) is 11.3 Å². The molecule has 0 radical (unpaired) electrons. The Morgan fingerprint density at radius 3 is 2.78 bits per heavy atom. The zero-order valence-corrected chi connectivity index (χ0v) is 24.9. The number of nitrogens with zero attached hydrogens (tertiary/aromatic N) is 3. The lowest BCUT2D eigenvalue weighted by Crippen LogP contribution is -2.33. The highest BCUT2D eigenvalue weighted by atomic mass is 16.1. The maximum Gasteiger partial charge on any atom is 0.162 e. The topological polar surface area (TPSA) is 46.1 Å². The van der Waals surface area contributed by atoms with Gasteiger partial charge >= 0.3 is 0 Å². The first-order valence-electron chi connectivity index (χ1n) is 15.5. The molecule has 1 saturated heterocycles. The number of carbonyl (C=O) groups is 1. The maximum atomic E-state index is 13.2. The van der Waals surface area contributed by atoms with E-state index in [0.29, 0.717) is 12.3 Å². The molecule has 0 aromatic carbocycles. The van der Waals surface area contributed by atoms with E-state index in [-0.39, 0.29) is 11.7 Å². The number of hydrogen-bond acceptors (Lipinski definition) is 4. The summed E-state index contributed by atoms with van der Waals surface area (Å²) in [5.74, 6) is 8.04. The first kappa shape index (κ1) is 29.0. The van der Waals surface area contributed by atoms with E-state index in [1.807, 2.05) is 24.3 Å². The van der Waals surface area contributed by atoms with Gasteiger partial charge in [0.25, 0.3) is 0 Å². The number of carbonyl (C=O) groups excluding carboxylic acids is 1. The van der Waals surface area contributed by atoms with Gasteiger partial charge < -0.3 is 4.90 Å². The number of rotatable bonds is 8. The lowest BCUT2D eigenvalue weighted by molar-refractivity contribution is -0.116. The highest BCUT2D eigenvalue weighted by Gasteiger charge is 2.24. The molecule has 41 heavy (non-hydrogen) atoms. The molecule has 5 aliphatic rings. The van der Waals surface area contributed by atoms with Crippen LogP contribution in [-0.2, 0) is 4.79 Å². The number of fused-ring (bicyclic) bond motifs is 1. The van der Waals surface area contributed by atoms with Gasteiger partial charge in [0.2, 0.25) is 0 Å². The van der Waals surface area contributed by atoms with E-state index in [4.69, 9.17) is 0 Å². The Morgan fingerprint density at radius 2 is 1.98 bits per heavy atom. The summed E-state index contributed by atoms with van der Waals surface area (Å²) in [7, 11) is 0. The number of allylic oxidation sites excluding steroid dienone is 10. The molecule has 0 amide bonds. The second-order valence-corrected chi connectivity index (χ2v) is 11.8. The Labute approximate surface area is 246 Å². The van der Waals surface area contributed by atoms with Crippen LogP contribution in [0.2, 0.25) is 0 Å². The van der Waals surface area contributed by atoms with Crippen LogP contribution in [0, 0.1) is 29.6 Å². The summed E-state index contributed by atoms with van der Waals surface area (Å²) in [6.45, 7) is 10.3. The van der Waals surface area contributed by atoms with Crippen molar-refractivity contribution in [2.75, 3.05) is 19.6 Å². The van der Waals surface area contributed by atoms with E-state index >= 15 is 0 Å². The molecule has 212 valence electrons. The van der Waals surface area contributed by atoms with Crippen molar-refractivity contribution in [3.8, 4) is 23.1 Å². The Kier molecular flexibility index (Phi) is 9.80. The quantitative estimate of drug-likeness (QED) is 0.251. The van der Waals surface area contributed by atoms with Gasteiger partial charge in [-0.15, -0.1) is 0 Å². The van der Waals surface area contributed by atoms with E-state index in [1.165, 1.54) is 57.3 Å². The molecular formula is C37H43N3O. The lowest BCUT2D eigenvalue weighted by Gasteiger charge is -2.33. The first-order valence-corrected chi connectivity index (χ1v) is 15.5. The third kappa shape index (κ3) is 7.40. The Morgan fingerprint density at radius 1 is 1.12 bits per heavy atom. The molecule has 3 aliphatic heterocycles. The minimum Gasteiger partial charge on any atom is -0.304 e. The lowest BCUT2D eigenvalue weighted by atomic mass is 9.78. The molecule has 0 saturated carbocycles. The Balaban J connectivity index is 1.21. The highest BCUT2D eigenvalue weighted by molar-refractivity contribution is 5.94. The standard InChI is InChI=1S/C37H43N3O/c1-4-7-31-22-28(10-13-32(31)23-29-17-20-40(5-2)21-18-29)11-16-37(41)33-12-9-27(3)30(24-33)14-15-34-25-39-36-26-38-19-6-8-35(34)36/h6,8-13,16,19,25-26,29,31,33H,4-5,7,17-18,20-24H2,1-3H3/b16-11+. The van der Waals surface area contributed by atoms with Gasteiger partial charge in [0.15, 0.2) is 5.78 Å². The average Bonchev–Trinajstić information content (AvgIpc) is 3.22. The molecule has 0 aromatic rings. The van der Waals surface area contributed by atoms with Crippen molar-refractivity contribution in [3.05, 3.63) is 95.0 Å². The summed E-state index contributed by atoms with van der Waals surface area (Å²) in [6, 6.07) is 3.90. The van der Waals surface area contributed by atoms with E-state index in [1.54, 1.807) is 30.2 Å². The largest absolute Gasteiger partial charge is 0.304 e. The molecule has 2 unspecified atom stereocenters. The van der Waals surface area contributed by atoms with Gasteiger partial charge in [0, 0.05) is 29.4 Å². The van der Waals surface area contributed by atoms with Crippen LogP contribution in [-0.4, -0.2) is 40.3 Å². The molecule has 0 bridgehead atoms. The minimum absolute atomic E-state index is 0.150. The normalized spacial score (nSPS) is 22.0. The molecule has 3 heterocycles. The van der Waals surface area contributed by atoms with Crippen LogP contribution in [0.3, 0.4) is 0 Å². The van der Waals surface area contributed by atoms with Crippen molar-refractivity contribution in [1.29, 1.82) is 0 Å². The van der Waals surface area contributed by atoms with Crippen LogP contribution in [0.5, 0.6) is 0 Å². The van der Waals surface area contributed by atoms with Crippen LogP contribution in [0.4, 0.5) is 0 Å². The Hall–Kier alpha value is -3.55. The SMILES string of the molecule is CCCC1CC(/C=C/C(=O)C2C=CC(C)=C(C#Cc3cnc4cncccc3-4)C2)=CC=C1CC1CCN(CC)CC1. The molecule has 0 spiro atoms. The molecule has 4 nitrogen and oxygen atoms in total. The number of ketones is 1. The van der Waals surface area contributed by atoms with Crippen molar-refractivity contribution in [3.63, 3.8) is 0 Å². The van der Waals surface area contributed by atoms with Gasteiger partial charge in [-0.05, 0) is 106 Å². The second kappa shape index (κ2) is 13.9. The second-order valence-electron chi connectivity index (χ2n) is 11.8. The molecule has 2 atom stereocenters. The average molecular weight is 546 g/mol. The van der Waals surface area contributed by atoms with E-state index in [9.17, 15) is 4.79 Å². The fraction of sp³-hybridized carbons (Fsp3) is 0.432. The van der Waals surface area contributed by atoms with Crippen molar-refractivity contribution >= 4 is 5.78 Å². The number of hydrogen-bond donors (Lipinski definition) is 0. The summed E-state index contributed by atoms with van der Waals surface area (Å²) >= 11 is 0. The summed E-state index contributed by atoms with van der Waals surface area (Å²) in [6.07, 6.45) is 25.9. The van der Waals surface area contributed by atoms with Crippen molar-refractivity contribution in [1.82, 2.24) is 14.9 Å². The summed E-state index contributed by atoms with van der Waals surface area (Å²) in [4.78, 5) is 24.5. The zero-order chi connectivity index (χ0) is 28.6. The smallest absolute Gasteiger partial charge is 0.162 e. The van der Waals surface area contributed by atoms with Gasteiger partial charge in [-0.2, -0.15) is 0 Å². The Bertz CT molecular complexity index is 1420. The van der Waals surface area contributed by atoms with Crippen molar-refractivity contribution < 1.29 is 4.79 Å². The van der Waals surface area contributed by atoms with Crippen LogP contribution in [0.15, 0.2) is 89.5 Å². The number of aromatic nitrogens is 2. The van der Waals surface area contributed by atoms with Crippen LogP contribution < -0.4 is 0 Å². The van der Waals surface area contributed by atoms with E-state index < -0.39 is 0 Å². The molecule has 5 rings (SSSR count). The number of likely N-dealkylation sites (tertiary alicyclic amines) is 1. The summed E-state index contributed by atoms with van der Waals surface area (Å²) in [5, 5.41) is 0. The van der Waals surface area contributed by atoms with Gasteiger partial charge in [0.1, 0.15) is 0 Å². The molecule has 1 fully saturated rings. The van der Waals surface area contributed by atoms with E-state index in [0.717, 1.165) is 40.3 Å². The summed E-state index contributed by atoms with van der Waals surface area (Å²) in [5.41, 5.74) is 7.76. The molecule has 0 aromatic heterocycles. The fourth-order valence-electron chi connectivity index (χ4n) is 6.37. The van der Waals surface area contributed by atoms with Gasteiger partial charge in [-0.3, -0.25) is 14.8 Å². The fourth-order valence-corrected chi connectivity index (χ4v) is 6.37. The minimum atomic E-state index is -0.175. The highest BCUT2D eigenvalue weighted by Crippen LogP contribution is 2.36. The van der Waals surface area contributed by atoms with Crippen molar-refractivity contribution in [2.45, 2.75) is 65.7 Å². The third-order valence-corrected chi connectivity index (χ3v) is 9.02. The molecular weight excluding hydrogens is 502 g/mol. The third-order valence-electron chi connectivity index (χ3n) is 9.02. The van der Waals surface area contributed by atoms with Gasteiger partial charge in [-0.25, -0.2) is 0 Å². The van der Waals surface area contributed by atoms with Crippen LogP contribution in [0.1, 0.15) is 71.3 Å². The summed E-state index contributed by atoms with van der Waals surface area (Å²) < 4.78 is 0. The van der Waals surface area contributed by atoms with Gasteiger partial charge in [0.05, 0.1) is 17.5 Å². The molecule has 0 N–H and O–H groups in total. The van der Waals surface area contributed by atoms with Crippen LogP contribution >= 0.6 is 0 Å². The molecule has 2 aliphatic carbocycles. The predicted octanol–water partition coefficient (Wildman–Crippen LogP) is 7.75. The van der Waals surface area contributed by atoms with Crippen molar-refractivity contribution in [2.24, 2.45) is 17.8 Å². The molecule has 4 heteroatoms. The zero-order valence-electron chi connectivity index (χ0n) is 24.9. The first-order chi connectivity index (χ1) is 20.0. The predicted molar refractivity (Wildman–Crippen MR) is 168 cm³/mol. The monoisotopic (exact) mass is 545 g/mol. The number of piperidine rings is 1. The van der Waals surface area contributed by atoms with E-state index in [2.05, 4.69) is 65.7 Å². The maximum absolute atomic E-state index is 13.2.